The molecule has 4 amide bonds. The molecule has 19 heteroatoms. The van der Waals surface area contributed by atoms with Gasteiger partial charge >= 0.3 is 6.72 Å². The van der Waals surface area contributed by atoms with Crippen LogP contribution in [-0.2, 0) is 32.7 Å². The zero-order valence-electron chi connectivity index (χ0n) is 40.1. The van der Waals surface area contributed by atoms with Crippen molar-refractivity contribution >= 4 is 106 Å². The quantitative estimate of drug-likeness (QED) is 0.0825. The minimum Gasteiger partial charge on any atom is -0.345 e. The summed E-state index contributed by atoms with van der Waals surface area (Å²) in [6.45, 7) is 2.98. The van der Waals surface area contributed by atoms with Gasteiger partial charge in [-0.3, -0.25) is 19.2 Å². The smallest absolute Gasteiger partial charge is 0.322 e. The van der Waals surface area contributed by atoms with Gasteiger partial charge in [0.1, 0.15) is 0 Å². The number of carbonyl (C=O) groups is 4. The van der Waals surface area contributed by atoms with Crippen LogP contribution in [0.25, 0.3) is 0 Å². The number of nitrogens with one attached hydrogen (secondary N) is 2. The highest BCUT2D eigenvalue weighted by molar-refractivity contribution is 8.09. The minimum absolute atomic E-state index is 0.159. The van der Waals surface area contributed by atoms with E-state index in [2.05, 4.69) is 22.4 Å². The number of nitrogens with zero attached hydrogens (tertiary/aromatic N) is 2. The van der Waals surface area contributed by atoms with Crippen molar-refractivity contribution in [2.24, 2.45) is 0 Å². The van der Waals surface area contributed by atoms with Gasteiger partial charge in [0, 0.05) is 85.9 Å². The molecule has 72 heavy (non-hydrogen) atoms. The first-order chi connectivity index (χ1) is 34.1. The van der Waals surface area contributed by atoms with Gasteiger partial charge in [0.25, 0.3) is 23.6 Å². The predicted molar refractivity (Wildman–Crippen MR) is 294 cm³/mol. The highest BCUT2D eigenvalue weighted by Crippen LogP contribution is 2.49. The lowest BCUT2D eigenvalue weighted by molar-refractivity contribution is 0.0978. The van der Waals surface area contributed by atoms with E-state index in [0.717, 1.165) is 22.3 Å². The van der Waals surface area contributed by atoms with Gasteiger partial charge < -0.3 is 44.2 Å². The third-order valence-corrected chi connectivity index (χ3v) is 14.4. The summed E-state index contributed by atoms with van der Waals surface area (Å²) in [5.41, 5.74) is 9.20. The molecule has 0 bridgehead atoms. The summed E-state index contributed by atoms with van der Waals surface area (Å²) in [5.74, 6) is -0.796. The van der Waals surface area contributed by atoms with E-state index in [-0.39, 0.29) is 23.6 Å². The average molecular weight is 1090 g/mol. The Labute approximate surface area is 439 Å². The average Bonchev–Trinajstić information content (AvgIpc) is 3.59. The Bertz CT molecular complexity index is 2960. The molecule has 0 fully saturated rings. The molecule has 376 valence electrons. The van der Waals surface area contributed by atoms with Gasteiger partial charge in [-0.05, 0) is 184 Å². The second-order valence-corrected chi connectivity index (χ2v) is 25.0. The molecule has 0 aliphatic carbocycles. The van der Waals surface area contributed by atoms with Crippen LogP contribution in [0.4, 0.5) is 22.7 Å². The second kappa shape index (κ2) is 23.4. The normalized spacial score (nSPS) is 16.4. The van der Waals surface area contributed by atoms with E-state index in [4.69, 9.17) is 44.1 Å². The van der Waals surface area contributed by atoms with Crippen LogP contribution in [0.15, 0.2) is 121 Å². The monoisotopic (exact) mass is 1090 g/mol. The van der Waals surface area contributed by atoms with Crippen LogP contribution in [0.1, 0.15) is 113 Å². The van der Waals surface area contributed by atoms with Gasteiger partial charge in [-0.2, -0.15) is 0 Å². The van der Waals surface area contributed by atoms with Crippen molar-refractivity contribution in [2.45, 2.75) is 65.6 Å². The van der Waals surface area contributed by atoms with Crippen LogP contribution in [-0.4, -0.2) is 58.1 Å². The van der Waals surface area contributed by atoms with Crippen molar-refractivity contribution < 1.29 is 42.9 Å². The van der Waals surface area contributed by atoms with Crippen molar-refractivity contribution in [3.05, 3.63) is 187 Å². The van der Waals surface area contributed by atoms with Crippen LogP contribution >= 0.6 is 36.4 Å². The fourth-order valence-electron chi connectivity index (χ4n) is 8.83. The first-order valence-electron chi connectivity index (χ1n) is 23.0. The summed E-state index contributed by atoms with van der Waals surface area (Å²) < 4.78 is 11.2. The number of rotatable bonds is 10. The lowest BCUT2D eigenvalue weighted by Crippen LogP contribution is -2.32. The number of hydrogen-bond acceptors (Lipinski definition) is 8. The molecular formula is C53H54Cl2N4O9P2S2. The van der Waals surface area contributed by atoms with Crippen LogP contribution < -0.4 is 20.4 Å². The number of aryl methyl sites for hydroxylation is 4. The zero-order valence-corrected chi connectivity index (χ0v) is 45.0. The Kier molecular flexibility index (Phi) is 17.8. The van der Waals surface area contributed by atoms with Crippen molar-refractivity contribution in [1.82, 2.24) is 0 Å². The number of fused-ring (bicyclic) bond motifs is 2. The summed E-state index contributed by atoms with van der Waals surface area (Å²) in [6, 6.07) is 35.5. The SMILES string of the molecule is Cc1ccccc1C(=O)Nc1ccc(C(=O)N2CCCC(OP(C)(O)=S)c3cc(Cl)ccc32)c(C)c1.Cc1ccccc1C(=O)Nc1ccc(C(=O)N2CCCC(OP(O)(O)=S)c3cc(Cl)ccc32)c(C)c1. The molecule has 13 nitrogen and oxygen atoms in total. The highest BCUT2D eigenvalue weighted by Gasteiger charge is 2.33. The van der Waals surface area contributed by atoms with Gasteiger partial charge in [0.15, 0.2) is 6.49 Å². The Morgan fingerprint density at radius 2 is 0.958 bits per heavy atom. The maximum Gasteiger partial charge on any atom is 0.322 e. The summed E-state index contributed by atoms with van der Waals surface area (Å²) in [6.07, 6.45) is 1.13. The first kappa shape index (κ1) is 54.6. The maximum absolute atomic E-state index is 13.7. The number of amides is 4. The van der Waals surface area contributed by atoms with E-state index < -0.39 is 25.4 Å². The third-order valence-electron chi connectivity index (χ3n) is 12.2. The maximum atomic E-state index is 13.7. The van der Waals surface area contributed by atoms with E-state index in [1.165, 1.54) is 6.66 Å². The van der Waals surface area contributed by atoms with Crippen LogP contribution in [0.5, 0.6) is 0 Å². The van der Waals surface area contributed by atoms with Crippen molar-refractivity contribution in [3.8, 4) is 0 Å². The van der Waals surface area contributed by atoms with Gasteiger partial charge in [-0.1, -0.05) is 59.6 Å². The number of anilines is 4. The second-order valence-electron chi connectivity index (χ2n) is 17.7. The molecule has 0 saturated heterocycles. The van der Waals surface area contributed by atoms with Gasteiger partial charge in [-0.15, -0.1) is 0 Å². The summed E-state index contributed by atoms with van der Waals surface area (Å²) >= 11 is 22.3. The Hall–Kier alpha value is -5.12. The van der Waals surface area contributed by atoms with E-state index in [1.807, 2.05) is 64.1 Å². The van der Waals surface area contributed by atoms with Gasteiger partial charge in [0.05, 0.1) is 12.2 Å². The molecule has 2 aliphatic rings. The lowest BCUT2D eigenvalue weighted by atomic mass is 10.0. The summed E-state index contributed by atoms with van der Waals surface area (Å²) in [5, 5.41) is 6.77. The summed E-state index contributed by atoms with van der Waals surface area (Å²) in [7, 11) is 0. The Morgan fingerprint density at radius 3 is 1.33 bits per heavy atom. The molecule has 6 aromatic rings. The highest BCUT2D eigenvalue weighted by atomic mass is 35.5. The number of benzene rings is 6. The topological polar surface area (TPSA) is 178 Å². The molecular weight excluding hydrogens is 1030 g/mol. The Balaban J connectivity index is 0.000000211. The van der Waals surface area contributed by atoms with Crippen molar-refractivity contribution in [2.75, 3.05) is 40.2 Å². The minimum atomic E-state index is -3.92. The Morgan fingerprint density at radius 1 is 0.556 bits per heavy atom. The molecule has 5 N–H and O–H groups in total. The molecule has 2 heterocycles. The van der Waals surface area contributed by atoms with E-state index >= 15 is 0 Å². The van der Waals surface area contributed by atoms with E-state index in [9.17, 15) is 33.9 Å². The lowest BCUT2D eigenvalue weighted by Gasteiger charge is -2.26. The largest absolute Gasteiger partial charge is 0.345 e. The van der Waals surface area contributed by atoms with Crippen molar-refractivity contribution in [3.63, 3.8) is 0 Å². The molecule has 3 atom stereocenters. The van der Waals surface area contributed by atoms with Gasteiger partial charge in [0.2, 0.25) is 0 Å². The third kappa shape index (κ3) is 13.7. The molecule has 0 saturated carbocycles. The fourth-order valence-corrected chi connectivity index (χ4v) is 11.1. The number of hydrogen-bond donors (Lipinski definition) is 5. The molecule has 6 aromatic carbocycles. The van der Waals surface area contributed by atoms with Crippen LogP contribution in [0, 0.1) is 27.7 Å². The molecule has 3 unspecified atom stereocenters. The fraction of sp³-hybridized carbons (Fsp3) is 0.245. The molecule has 2 aliphatic heterocycles. The van der Waals surface area contributed by atoms with Crippen molar-refractivity contribution in [1.29, 1.82) is 0 Å². The van der Waals surface area contributed by atoms with E-state index in [1.54, 1.807) is 94.7 Å². The van der Waals surface area contributed by atoms with Crippen LogP contribution in [0.2, 0.25) is 10.0 Å². The molecule has 0 aromatic heterocycles. The summed E-state index contributed by atoms with van der Waals surface area (Å²) in [4.78, 5) is 85.8. The first-order valence-corrected chi connectivity index (χ1v) is 29.5. The number of halogens is 2. The molecule has 0 spiro atoms. The zero-order chi connectivity index (χ0) is 52.1. The standard InChI is InChI=1S/C27H28ClN2O4PS.C26H26ClN2O5PS/c1-17-7-4-5-8-21(17)26(31)29-20-11-12-22(18(2)15-20)27(32)30-14-6-9-25(34-35(3,33)36)23-16-19(28)10-13-24(23)30;1-16-6-3-4-7-20(16)25(30)28-19-10-11-21(17(2)14-19)26(31)29-13-5-8-24(34-35(32,33)36)22-15-18(27)9-12-23(22)29/h4-5,7-8,10-13,15-16,25H,6,9,14H2,1-3H3,(H,29,31)(H,33,36);3-4,6-7,9-12,14-15,24H,5,8,13H2,1-2H3,(H,28,30)(H2,32,33,36). The molecule has 0 radical (unpaired) electrons. The van der Waals surface area contributed by atoms with E-state index in [0.29, 0.717) is 105 Å². The van der Waals surface area contributed by atoms with Crippen LogP contribution in [0.3, 0.4) is 0 Å². The van der Waals surface area contributed by atoms with Gasteiger partial charge in [-0.25, -0.2) is 0 Å². The predicted octanol–water partition coefficient (Wildman–Crippen LogP) is 12.6. The number of carbonyl (C=O) groups excluding carboxylic acids is 4. The molecule has 8 rings (SSSR count).